The summed E-state index contributed by atoms with van der Waals surface area (Å²) >= 11 is 1.09. The summed E-state index contributed by atoms with van der Waals surface area (Å²) in [6, 6.07) is 1.95. The topological polar surface area (TPSA) is 84.9 Å². The molecule has 0 amide bonds. The summed E-state index contributed by atoms with van der Waals surface area (Å²) in [6.45, 7) is 3.43. The van der Waals surface area contributed by atoms with Gasteiger partial charge < -0.3 is 0 Å². The number of aromatic nitrogens is 2. The predicted molar refractivity (Wildman–Crippen MR) is 79.0 cm³/mol. The van der Waals surface area contributed by atoms with Crippen molar-refractivity contribution in [1.29, 1.82) is 5.26 Å². The Morgan fingerprint density at radius 3 is 2.62 bits per heavy atom. The average molecular weight is 303 g/mol. The van der Waals surface area contributed by atoms with Crippen molar-refractivity contribution in [2.24, 2.45) is 0 Å². The molecule has 6 nitrogen and oxygen atoms in total. The number of hydrogen-bond acceptors (Lipinski definition) is 5. The minimum absolute atomic E-state index is 0.135. The van der Waals surface area contributed by atoms with Gasteiger partial charge in [-0.2, -0.15) is 5.26 Å². The normalized spacial score (nSPS) is 15.9. The Labute approximate surface area is 123 Å². The summed E-state index contributed by atoms with van der Waals surface area (Å²) in [5.74, 6) is 0. The molecule has 0 atom stereocenters. The molecule has 0 aromatic carbocycles. The number of fused-ring (bicyclic) bond motifs is 1. The molecule has 0 N–H and O–H groups in total. The van der Waals surface area contributed by atoms with E-state index in [0.717, 1.165) is 24.2 Å². The molecule has 0 bridgehead atoms. The van der Waals surface area contributed by atoms with E-state index in [1.165, 1.54) is 9.13 Å². The molecule has 3 rings (SSSR count). The Hall–Kier alpha value is -2.20. The van der Waals surface area contributed by atoms with Crippen molar-refractivity contribution in [2.45, 2.75) is 38.8 Å². The summed E-state index contributed by atoms with van der Waals surface area (Å²) < 4.78 is 2.55. The average Bonchev–Trinajstić information content (AvgIpc) is 3.08. The number of rotatable bonds is 3. The molecule has 0 saturated heterocycles. The van der Waals surface area contributed by atoms with Gasteiger partial charge in [0.1, 0.15) is 11.4 Å². The molecule has 2 heterocycles. The lowest BCUT2D eigenvalue weighted by Crippen LogP contribution is -2.44. The number of thiophene rings is 1. The van der Waals surface area contributed by atoms with E-state index >= 15 is 0 Å². The van der Waals surface area contributed by atoms with Crippen LogP contribution in [0.5, 0.6) is 0 Å². The molecule has 0 radical (unpaired) electrons. The maximum Gasteiger partial charge on any atom is 0.333 e. The van der Waals surface area contributed by atoms with Crippen LogP contribution in [0.3, 0.4) is 0 Å². The van der Waals surface area contributed by atoms with E-state index in [4.69, 9.17) is 5.26 Å². The Morgan fingerprint density at radius 2 is 2.10 bits per heavy atom. The third kappa shape index (κ3) is 1.79. The highest BCUT2D eigenvalue weighted by Gasteiger charge is 2.42. The number of carbonyl (C=O) groups excluding carboxylic acids is 1. The van der Waals surface area contributed by atoms with Crippen molar-refractivity contribution >= 4 is 27.8 Å². The van der Waals surface area contributed by atoms with Crippen molar-refractivity contribution in [3.05, 3.63) is 31.3 Å². The van der Waals surface area contributed by atoms with E-state index in [0.29, 0.717) is 26.9 Å². The van der Waals surface area contributed by atoms with Crippen LogP contribution in [0.25, 0.3) is 10.2 Å². The largest absolute Gasteiger partial charge is 0.333 e. The van der Waals surface area contributed by atoms with E-state index in [2.05, 4.69) is 0 Å². The van der Waals surface area contributed by atoms with Gasteiger partial charge in [-0.25, -0.2) is 4.79 Å². The van der Waals surface area contributed by atoms with Gasteiger partial charge in [-0.05, 0) is 32.3 Å². The van der Waals surface area contributed by atoms with Gasteiger partial charge in [0.05, 0.1) is 21.9 Å². The number of carbonyl (C=O) groups is 1. The Bertz CT molecular complexity index is 922. The summed E-state index contributed by atoms with van der Waals surface area (Å²) in [6.07, 6.45) is 2.22. The first-order valence-electron chi connectivity index (χ1n) is 6.56. The molecule has 2 aromatic rings. The third-order valence-corrected chi connectivity index (χ3v) is 5.34. The van der Waals surface area contributed by atoms with Crippen LogP contribution in [0.1, 0.15) is 35.0 Å². The van der Waals surface area contributed by atoms with Gasteiger partial charge in [-0.3, -0.25) is 18.7 Å². The van der Waals surface area contributed by atoms with E-state index in [1.54, 1.807) is 6.92 Å². The van der Waals surface area contributed by atoms with Crippen LogP contribution in [0.15, 0.2) is 9.59 Å². The number of aldehydes is 1. The summed E-state index contributed by atoms with van der Waals surface area (Å²) in [5, 5.41) is 9.33. The monoisotopic (exact) mass is 303 g/mol. The van der Waals surface area contributed by atoms with E-state index in [9.17, 15) is 14.4 Å². The predicted octanol–water partition coefficient (Wildman–Crippen LogP) is 1.38. The summed E-state index contributed by atoms with van der Waals surface area (Å²) in [5.41, 5.74) is -0.701. The SMILES string of the molecule is Cc1c(C=O)sc2c1c(=O)n(C1(C)CC1)c(=O)n2CC#N. The number of nitriles is 1. The first kappa shape index (κ1) is 13.8. The lowest BCUT2D eigenvalue weighted by atomic mass is 10.2. The second kappa shape index (κ2) is 4.40. The third-order valence-electron chi connectivity index (χ3n) is 4.10. The molecule has 1 fully saturated rings. The van der Waals surface area contributed by atoms with Gasteiger partial charge in [0.25, 0.3) is 5.56 Å². The molecule has 1 saturated carbocycles. The molecule has 0 unspecified atom stereocenters. The van der Waals surface area contributed by atoms with Crippen LogP contribution in [-0.4, -0.2) is 15.4 Å². The van der Waals surface area contributed by atoms with Gasteiger partial charge >= 0.3 is 5.69 Å². The zero-order chi connectivity index (χ0) is 15.4. The standard InChI is InChI=1S/C14H13N3O3S/c1-8-9(7-18)21-12-10(8)11(19)17(14(2)3-4-14)13(20)16(12)6-5-15/h7H,3-4,6H2,1-2H3. The fraction of sp³-hybridized carbons (Fsp3) is 0.429. The van der Waals surface area contributed by atoms with Crippen LogP contribution in [0.2, 0.25) is 0 Å². The molecule has 0 aliphatic heterocycles. The van der Waals surface area contributed by atoms with Gasteiger partial charge in [-0.15, -0.1) is 11.3 Å². The number of aryl methyl sites for hydroxylation is 1. The van der Waals surface area contributed by atoms with Gasteiger partial charge in [0, 0.05) is 0 Å². The Balaban J connectivity index is 2.54. The van der Waals surface area contributed by atoms with Crippen LogP contribution in [0, 0.1) is 18.3 Å². The zero-order valence-electron chi connectivity index (χ0n) is 11.7. The van der Waals surface area contributed by atoms with Gasteiger partial charge in [-0.1, -0.05) is 0 Å². The molecule has 7 heteroatoms. The highest BCUT2D eigenvalue weighted by Crippen LogP contribution is 2.41. The maximum atomic E-state index is 12.7. The lowest BCUT2D eigenvalue weighted by Gasteiger charge is -2.15. The fourth-order valence-corrected chi connectivity index (χ4v) is 3.67. The zero-order valence-corrected chi connectivity index (χ0v) is 12.5. The maximum absolute atomic E-state index is 12.7. The van der Waals surface area contributed by atoms with Crippen molar-refractivity contribution in [3.8, 4) is 6.07 Å². The summed E-state index contributed by atoms with van der Waals surface area (Å²) in [7, 11) is 0. The molecule has 21 heavy (non-hydrogen) atoms. The van der Waals surface area contributed by atoms with Crippen LogP contribution in [-0.2, 0) is 12.1 Å². The lowest BCUT2D eigenvalue weighted by molar-refractivity contribution is 0.112. The molecular formula is C14H13N3O3S. The van der Waals surface area contributed by atoms with E-state index in [1.807, 2.05) is 13.0 Å². The highest BCUT2D eigenvalue weighted by molar-refractivity contribution is 7.20. The first-order valence-corrected chi connectivity index (χ1v) is 7.38. The van der Waals surface area contributed by atoms with Crippen molar-refractivity contribution in [3.63, 3.8) is 0 Å². The second-order valence-electron chi connectivity index (χ2n) is 5.55. The van der Waals surface area contributed by atoms with Gasteiger partial charge in [0.2, 0.25) is 0 Å². The Kier molecular flexibility index (Phi) is 2.88. The van der Waals surface area contributed by atoms with Crippen molar-refractivity contribution in [2.75, 3.05) is 0 Å². The molecule has 2 aromatic heterocycles. The minimum Gasteiger partial charge on any atom is -0.297 e. The van der Waals surface area contributed by atoms with Crippen molar-refractivity contribution in [1.82, 2.24) is 9.13 Å². The van der Waals surface area contributed by atoms with Crippen LogP contribution >= 0.6 is 11.3 Å². The quantitative estimate of drug-likeness (QED) is 0.802. The van der Waals surface area contributed by atoms with E-state index < -0.39 is 11.2 Å². The van der Waals surface area contributed by atoms with Crippen LogP contribution in [0.4, 0.5) is 0 Å². The highest BCUT2D eigenvalue weighted by atomic mass is 32.1. The number of hydrogen-bond donors (Lipinski definition) is 0. The molecule has 108 valence electrons. The number of nitrogens with zero attached hydrogens (tertiary/aromatic N) is 3. The molecule has 0 spiro atoms. The molecule has 1 aliphatic carbocycles. The minimum atomic E-state index is -0.465. The van der Waals surface area contributed by atoms with Crippen molar-refractivity contribution < 1.29 is 4.79 Å². The Morgan fingerprint density at radius 1 is 1.43 bits per heavy atom. The van der Waals surface area contributed by atoms with Crippen LogP contribution < -0.4 is 11.2 Å². The molecule has 1 aliphatic rings. The fourth-order valence-electron chi connectivity index (χ4n) is 2.57. The van der Waals surface area contributed by atoms with E-state index in [-0.39, 0.29) is 12.1 Å². The van der Waals surface area contributed by atoms with Gasteiger partial charge in [0.15, 0.2) is 6.29 Å². The smallest absolute Gasteiger partial charge is 0.297 e. The first-order chi connectivity index (χ1) is 9.94. The second-order valence-corrected chi connectivity index (χ2v) is 6.58. The molecular weight excluding hydrogens is 290 g/mol. The summed E-state index contributed by atoms with van der Waals surface area (Å²) in [4.78, 5) is 37.2.